The van der Waals surface area contributed by atoms with Gasteiger partial charge in [-0.05, 0) is 25.3 Å². The minimum absolute atomic E-state index is 0.0189. The van der Waals surface area contributed by atoms with Gasteiger partial charge in [-0.3, -0.25) is 4.79 Å². The predicted molar refractivity (Wildman–Crippen MR) is 72.3 cm³/mol. The Kier molecular flexibility index (Phi) is 4.68. The van der Waals surface area contributed by atoms with Crippen molar-refractivity contribution in [2.45, 2.75) is 39.5 Å². The average molecular weight is 268 g/mol. The van der Waals surface area contributed by atoms with Crippen molar-refractivity contribution in [3.8, 4) is 18.2 Å². The molecule has 1 rings (SSSR count). The number of Topliss-reactive ketones (excluding diaryl/α,β-unsaturated/α-hetero) is 1. The lowest BCUT2D eigenvalue weighted by atomic mass is 9.77. The number of nitrogens with zero attached hydrogens (tertiary/aromatic N) is 3. The summed E-state index contributed by atoms with van der Waals surface area (Å²) in [5.41, 5.74) is 4.57. The zero-order chi connectivity index (χ0) is 15.3. The highest BCUT2D eigenvalue weighted by Crippen LogP contribution is 2.47. The van der Waals surface area contributed by atoms with E-state index in [1.165, 1.54) is 6.92 Å². The van der Waals surface area contributed by atoms with Crippen LogP contribution >= 0.6 is 0 Å². The molecule has 0 spiro atoms. The molecule has 0 saturated heterocycles. The second-order valence-corrected chi connectivity index (χ2v) is 4.74. The third-order valence-corrected chi connectivity index (χ3v) is 3.50. The quantitative estimate of drug-likeness (QED) is 0.768. The monoisotopic (exact) mass is 268 g/mol. The summed E-state index contributed by atoms with van der Waals surface area (Å²) < 4.78 is 0. The first kappa shape index (κ1) is 15.5. The van der Waals surface area contributed by atoms with E-state index in [2.05, 4.69) is 0 Å². The summed E-state index contributed by atoms with van der Waals surface area (Å²) in [6, 6.07) is 5.61. The van der Waals surface area contributed by atoms with Crippen LogP contribution in [0.15, 0.2) is 22.4 Å². The lowest BCUT2D eigenvalue weighted by molar-refractivity contribution is -0.113. The maximum absolute atomic E-state index is 11.8. The molecule has 5 nitrogen and oxygen atoms in total. The first-order valence-corrected chi connectivity index (χ1v) is 6.47. The summed E-state index contributed by atoms with van der Waals surface area (Å²) in [5, 5.41) is 28.0. The molecule has 0 aromatic carbocycles. The lowest BCUT2D eigenvalue weighted by Crippen LogP contribution is -2.20. The number of hydrogen-bond donors (Lipinski definition) is 1. The molecule has 0 bridgehead atoms. The third kappa shape index (κ3) is 2.17. The van der Waals surface area contributed by atoms with Crippen LogP contribution in [-0.4, -0.2) is 5.78 Å². The standard InChI is InChI=1S/C15H16N4O/c1-3-4-5-6-11-13(10(2)20)14(19)12(7-16)15(11,8-17)9-18/h3-6,19H2,1-2H3. The third-order valence-electron chi connectivity index (χ3n) is 3.50. The fourth-order valence-corrected chi connectivity index (χ4v) is 2.51. The Balaban J connectivity index is 3.47. The van der Waals surface area contributed by atoms with Gasteiger partial charge in [-0.1, -0.05) is 19.8 Å². The van der Waals surface area contributed by atoms with Crippen molar-refractivity contribution in [1.29, 1.82) is 15.8 Å². The minimum Gasteiger partial charge on any atom is -0.397 e. The van der Waals surface area contributed by atoms with Crippen molar-refractivity contribution in [3.05, 3.63) is 22.4 Å². The molecule has 0 heterocycles. The van der Waals surface area contributed by atoms with E-state index in [9.17, 15) is 20.6 Å². The van der Waals surface area contributed by atoms with E-state index in [1.54, 1.807) is 0 Å². The fourth-order valence-electron chi connectivity index (χ4n) is 2.51. The summed E-state index contributed by atoms with van der Waals surface area (Å²) >= 11 is 0. The van der Waals surface area contributed by atoms with Gasteiger partial charge in [0, 0.05) is 5.57 Å². The molecular weight excluding hydrogens is 252 g/mol. The van der Waals surface area contributed by atoms with Crippen LogP contribution in [0.1, 0.15) is 39.5 Å². The van der Waals surface area contributed by atoms with Gasteiger partial charge in [-0.2, -0.15) is 15.8 Å². The smallest absolute Gasteiger partial charge is 0.202 e. The van der Waals surface area contributed by atoms with Gasteiger partial charge in [0.25, 0.3) is 0 Å². The first-order chi connectivity index (χ1) is 9.49. The number of hydrogen-bond acceptors (Lipinski definition) is 5. The molecule has 20 heavy (non-hydrogen) atoms. The molecule has 1 aliphatic rings. The number of rotatable bonds is 5. The van der Waals surface area contributed by atoms with E-state index in [-0.39, 0.29) is 22.6 Å². The van der Waals surface area contributed by atoms with Gasteiger partial charge in [0.15, 0.2) is 5.78 Å². The van der Waals surface area contributed by atoms with Gasteiger partial charge in [-0.25, -0.2) is 0 Å². The molecule has 0 amide bonds. The normalized spacial score (nSPS) is 16.6. The van der Waals surface area contributed by atoms with E-state index < -0.39 is 5.41 Å². The number of carbonyl (C=O) groups excluding carboxylic acids is 1. The highest BCUT2D eigenvalue weighted by Gasteiger charge is 2.48. The fraction of sp³-hybridized carbons (Fsp3) is 0.467. The second kappa shape index (κ2) is 6.04. The summed E-state index contributed by atoms with van der Waals surface area (Å²) in [6.07, 6.45) is 3.07. The molecule has 1 aliphatic carbocycles. The van der Waals surface area contributed by atoms with Gasteiger partial charge >= 0.3 is 0 Å². The lowest BCUT2D eigenvalue weighted by Gasteiger charge is -2.17. The Morgan fingerprint density at radius 1 is 1.25 bits per heavy atom. The second-order valence-electron chi connectivity index (χ2n) is 4.74. The molecule has 0 saturated carbocycles. The van der Waals surface area contributed by atoms with Crippen LogP contribution in [0.25, 0.3) is 0 Å². The van der Waals surface area contributed by atoms with Crippen LogP contribution in [0.3, 0.4) is 0 Å². The molecule has 0 aromatic heterocycles. The summed E-state index contributed by atoms with van der Waals surface area (Å²) in [7, 11) is 0. The maximum atomic E-state index is 11.8. The number of allylic oxidation sites excluding steroid dienone is 3. The topological polar surface area (TPSA) is 114 Å². The molecule has 0 atom stereocenters. The summed E-state index contributed by atoms with van der Waals surface area (Å²) in [4.78, 5) is 11.8. The molecule has 0 aromatic rings. The molecule has 0 fully saturated rings. The van der Waals surface area contributed by atoms with Crippen molar-refractivity contribution < 1.29 is 4.79 Å². The van der Waals surface area contributed by atoms with Gasteiger partial charge in [0.1, 0.15) is 6.07 Å². The highest BCUT2D eigenvalue weighted by atomic mass is 16.1. The van der Waals surface area contributed by atoms with Crippen molar-refractivity contribution in [2.75, 3.05) is 0 Å². The predicted octanol–water partition coefficient (Wildman–Crippen LogP) is 2.24. The molecule has 102 valence electrons. The van der Waals surface area contributed by atoms with E-state index in [4.69, 9.17) is 5.73 Å². The number of nitriles is 3. The van der Waals surface area contributed by atoms with Crippen LogP contribution in [0.2, 0.25) is 0 Å². The van der Waals surface area contributed by atoms with E-state index in [0.717, 1.165) is 19.3 Å². The number of unbranched alkanes of at least 4 members (excludes halogenated alkanes) is 2. The summed E-state index contributed by atoms with van der Waals surface area (Å²) in [6.45, 7) is 3.37. The van der Waals surface area contributed by atoms with Crippen molar-refractivity contribution in [2.24, 2.45) is 11.1 Å². The van der Waals surface area contributed by atoms with Crippen LogP contribution in [-0.2, 0) is 4.79 Å². The van der Waals surface area contributed by atoms with E-state index >= 15 is 0 Å². The van der Waals surface area contributed by atoms with Gasteiger partial charge in [0.05, 0.1) is 23.4 Å². The maximum Gasteiger partial charge on any atom is 0.202 e. The Labute approximate surface area is 118 Å². The molecular formula is C15H16N4O. The van der Waals surface area contributed by atoms with Crippen molar-refractivity contribution >= 4 is 5.78 Å². The largest absolute Gasteiger partial charge is 0.397 e. The van der Waals surface area contributed by atoms with Crippen LogP contribution in [0.4, 0.5) is 0 Å². The zero-order valence-electron chi connectivity index (χ0n) is 11.7. The Morgan fingerprint density at radius 3 is 2.25 bits per heavy atom. The summed E-state index contributed by atoms with van der Waals surface area (Å²) in [5.74, 6) is -0.311. The van der Waals surface area contributed by atoms with Crippen LogP contribution in [0, 0.1) is 39.4 Å². The van der Waals surface area contributed by atoms with Gasteiger partial charge in [-0.15, -0.1) is 0 Å². The Morgan fingerprint density at radius 2 is 1.85 bits per heavy atom. The average Bonchev–Trinajstić information content (AvgIpc) is 2.67. The van der Waals surface area contributed by atoms with E-state index in [1.807, 2.05) is 25.1 Å². The molecule has 5 heteroatoms. The number of carbonyl (C=O) groups is 1. The minimum atomic E-state index is -1.70. The van der Waals surface area contributed by atoms with Crippen LogP contribution < -0.4 is 5.73 Å². The molecule has 0 aliphatic heterocycles. The highest BCUT2D eigenvalue weighted by molar-refractivity contribution is 6.01. The number of nitrogens with two attached hydrogens (primary N) is 1. The number of ketones is 1. The van der Waals surface area contributed by atoms with Crippen molar-refractivity contribution in [1.82, 2.24) is 0 Å². The SMILES string of the molecule is CCCCCC1=C(C(C)=O)C(N)=C(C#N)C1(C#N)C#N. The molecule has 0 radical (unpaired) electrons. The Hall–Kier alpha value is -2.58. The molecule has 0 unspecified atom stereocenters. The van der Waals surface area contributed by atoms with E-state index in [0.29, 0.717) is 12.0 Å². The molecule has 2 N–H and O–H groups in total. The first-order valence-electron chi connectivity index (χ1n) is 6.47. The van der Waals surface area contributed by atoms with Gasteiger partial charge < -0.3 is 5.73 Å². The van der Waals surface area contributed by atoms with Crippen molar-refractivity contribution in [3.63, 3.8) is 0 Å². The van der Waals surface area contributed by atoms with Gasteiger partial charge in [0.2, 0.25) is 5.41 Å². The van der Waals surface area contributed by atoms with Crippen LogP contribution in [0.5, 0.6) is 0 Å². The Bertz CT molecular complexity index is 606. The zero-order valence-corrected chi connectivity index (χ0v) is 11.7.